The Morgan fingerprint density at radius 1 is 1.50 bits per heavy atom. The van der Waals surface area contributed by atoms with Gasteiger partial charge in [0.15, 0.2) is 3.01 Å². The summed E-state index contributed by atoms with van der Waals surface area (Å²) in [5.41, 5.74) is 0.839. The van der Waals surface area contributed by atoms with E-state index >= 15 is 0 Å². The van der Waals surface area contributed by atoms with Crippen LogP contribution in [0.15, 0.2) is 16.6 Å². The van der Waals surface area contributed by atoms with Crippen LogP contribution in [0.4, 0.5) is 4.39 Å². The van der Waals surface area contributed by atoms with Crippen molar-refractivity contribution in [3.8, 4) is 0 Å². The van der Waals surface area contributed by atoms with Crippen molar-refractivity contribution in [3.05, 3.63) is 25.4 Å². The summed E-state index contributed by atoms with van der Waals surface area (Å²) in [6.45, 7) is 0. The molecule has 0 saturated heterocycles. The lowest BCUT2D eigenvalue weighted by atomic mass is 10.3. The quantitative estimate of drug-likeness (QED) is 0.653. The van der Waals surface area contributed by atoms with E-state index in [1.807, 2.05) is 0 Å². The van der Waals surface area contributed by atoms with E-state index in [0.29, 0.717) is 0 Å². The second kappa shape index (κ2) is 3.19. The molecule has 1 heterocycles. The molecule has 0 bridgehead atoms. The highest BCUT2D eigenvalue weighted by molar-refractivity contribution is 14.1. The fraction of sp³-hybridized carbons (Fsp3) is 0. The molecule has 0 aliphatic heterocycles. The molecule has 0 N–H and O–H groups in total. The number of thiazole rings is 1. The van der Waals surface area contributed by atoms with Gasteiger partial charge in [-0.1, -0.05) is 0 Å². The minimum atomic E-state index is -0.227. The van der Waals surface area contributed by atoms with Gasteiger partial charge < -0.3 is 0 Å². The van der Waals surface area contributed by atoms with E-state index in [1.165, 1.54) is 23.5 Å². The predicted molar refractivity (Wildman–Crippen MR) is 60.0 cm³/mol. The van der Waals surface area contributed by atoms with Crippen molar-refractivity contribution in [3.63, 3.8) is 0 Å². The first kappa shape index (κ1) is 8.83. The Morgan fingerprint density at radius 2 is 2.25 bits per heavy atom. The van der Waals surface area contributed by atoms with Crippen LogP contribution in [0.25, 0.3) is 10.2 Å². The van der Waals surface area contributed by atoms with Gasteiger partial charge >= 0.3 is 0 Å². The molecule has 0 atom stereocenters. The fourth-order valence-corrected chi connectivity index (χ4v) is 3.28. The Labute approximate surface area is 94.3 Å². The van der Waals surface area contributed by atoms with Crippen LogP contribution in [-0.2, 0) is 0 Å². The lowest BCUT2D eigenvalue weighted by Crippen LogP contribution is -1.75. The first-order valence-corrected chi connectivity index (χ1v) is 5.77. The number of hydrogen-bond acceptors (Lipinski definition) is 2. The maximum Gasteiger partial charge on any atom is 0.155 e. The highest BCUT2D eigenvalue weighted by atomic mass is 127. The molecule has 5 heteroatoms. The maximum atomic E-state index is 12.9. The van der Waals surface area contributed by atoms with Crippen molar-refractivity contribution in [2.75, 3.05) is 0 Å². The summed E-state index contributed by atoms with van der Waals surface area (Å²) < 4.78 is 15.4. The highest BCUT2D eigenvalue weighted by Gasteiger charge is 2.06. The summed E-state index contributed by atoms with van der Waals surface area (Å²) in [6.07, 6.45) is 0. The number of halogens is 3. The van der Waals surface area contributed by atoms with Crippen LogP contribution >= 0.6 is 49.9 Å². The largest absolute Gasteiger partial charge is 0.229 e. The number of hydrogen-bond donors (Lipinski definition) is 0. The number of benzene rings is 1. The Hall–Kier alpha value is 0.250. The molecule has 62 valence electrons. The van der Waals surface area contributed by atoms with Crippen molar-refractivity contribution >= 4 is 60.1 Å². The molecule has 0 aliphatic carbocycles. The first-order valence-electron chi connectivity index (χ1n) is 3.08. The lowest BCUT2D eigenvalue weighted by molar-refractivity contribution is 0.629. The molecule has 1 aromatic heterocycles. The summed E-state index contributed by atoms with van der Waals surface area (Å²) in [4.78, 5) is 4.25. The number of rotatable bonds is 0. The average Bonchev–Trinajstić information content (AvgIpc) is 2.29. The van der Waals surface area contributed by atoms with Gasteiger partial charge in [-0.05, 0) is 50.7 Å². The second-order valence-electron chi connectivity index (χ2n) is 2.20. The lowest BCUT2D eigenvalue weighted by Gasteiger charge is -1.91. The van der Waals surface area contributed by atoms with Crippen molar-refractivity contribution < 1.29 is 4.39 Å². The van der Waals surface area contributed by atoms with Crippen LogP contribution in [0.1, 0.15) is 0 Å². The van der Waals surface area contributed by atoms with Crippen molar-refractivity contribution in [1.82, 2.24) is 4.98 Å². The Balaban J connectivity index is 2.88. The maximum absolute atomic E-state index is 12.9. The molecule has 0 amide bonds. The van der Waals surface area contributed by atoms with Gasteiger partial charge in [-0.25, -0.2) is 9.37 Å². The summed E-state index contributed by atoms with van der Waals surface area (Å²) in [5.74, 6) is -0.227. The van der Waals surface area contributed by atoms with Crippen LogP contribution in [0.2, 0.25) is 0 Å². The van der Waals surface area contributed by atoms with Gasteiger partial charge in [-0.3, -0.25) is 0 Å². The zero-order valence-corrected chi connectivity index (χ0v) is 10.2. The van der Waals surface area contributed by atoms with Gasteiger partial charge in [0.05, 0.1) is 10.2 Å². The van der Waals surface area contributed by atoms with Crippen LogP contribution in [-0.4, -0.2) is 4.98 Å². The zero-order valence-electron chi connectivity index (χ0n) is 5.64. The predicted octanol–water partition coefficient (Wildman–Crippen LogP) is 3.80. The van der Waals surface area contributed by atoms with E-state index in [9.17, 15) is 4.39 Å². The molecular weight excluding hydrogens is 356 g/mol. The Kier molecular flexibility index (Phi) is 2.35. The van der Waals surface area contributed by atoms with Crippen molar-refractivity contribution in [1.29, 1.82) is 0 Å². The standard InChI is InChI=1S/C7H2BrFINS/c8-4-1-3(9)2-5-6(4)11-7(10)12-5/h1-2H. The fourth-order valence-electron chi connectivity index (χ4n) is 0.930. The minimum Gasteiger partial charge on any atom is -0.229 e. The Bertz CT molecular complexity index is 442. The summed E-state index contributed by atoms with van der Waals surface area (Å²) in [5, 5.41) is 0. The molecule has 0 saturated carbocycles. The van der Waals surface area contributed by atoms with E-state index < -0.39 is 0 Å². The normalized spacial score (nSPS) is 10.9. The molecule has 1 aromatic carbocycles. The average molecular weight is 358 g/mol. The molecule has 0 radical (unpaired) electrons. The Morgan fingerprint density at radius 3 is 3.00 bits per heavy atom. The number of fused-ring (bicyclic) bond motifs is 1. The van der Waals surface area contributed by atoms with Gasteiger partial charge in [0.2, 0.25) is 0 Å². The van der Waals surface area contributed by atoms with Gasteiger partial charge in [0.1, 0.15) is 5.82 Å². The van der Waals surface area contributed by atoms with Crippen LogP contribution in [0.5, 0.6) is 0 Å². The molecule has 1 nitrogen and oxygen atoms in total. The smallest absolute Gasteiger partial charge is 0.155 e. The SMILES string of the molecule is Fc1cc(Br)c2nc(I)sc2c1. The van der Waals surface area contributed by atoms with Crippen LogP contribution in [0.3, 0.4) is 0 Å². The van der Waals surface area contributed by atoms with E-state index in [1.54, 1.807) is 0 Å². The van der Waals surface area contributed by atoms with E-state index in [4.69, 9.17) is 0 Å². The topological polar surface area (TPSA) is 12.9 Å². The first-order chi connectivity index (χ1) is 5.66. The van der Waals surface area contributed by atoms with E-state index in [2.05, 4.69) is 43.5 Å². The molecule has 2 rings (SSSR count). The third-order valence-electron chi connectivity index (χ3n) is 1.39. The zero-order chi connectivity index (χ0) is 8.72. The third kappa shape index (κ3) is 1.49. The van der Waals surface area contributed by atoms with Gasteiger partial charge in [0, 0.05) is 4.47 Å². The van der Waals surface area contributed by atoms with Gasteiger partial charge in [-0.2, -0.15) is 0 Å². The monoisotopic (exact) mass is 357 g/mol. The van der Waals surface area contributed by atoms with Crippen LogP contribution < -0.4 is 0 Å². The minimum absolute atomic E-state index is 0.227. The molecule has 0 fully saturated rings. The van der Waals surface area contributed by atoms with Gasteiger partial charge in [0.25, 0.3) is 0 Å². The molecule has 0 unspecified atom stereocenters. The summed E-state index contributed by atoms with van der Waals surface area (Å²) >= 11 is 6.87. The number of nitrogens with zero attached hydrogens (tertiary/aromatic N) is 1. The summed E-state index contributed by atoms with van der Waals surface area (Å²) in [7, 11) is 0. The van der Waals surface area contributed by atoms with Crippen molar-refractivity contribution in [2.24, 2.45) is 0 Å². The molecular formula is C7H2BrFINS. The van der Waals surface area contributed by atoms with E-state index in [-0.39, 0.29) is 5.82 Å². The van der Waals surface area contributed by atoms with Gasteiger partial charge in [-0.15, -0.1) is 11.3 Å². The third-order valence-corrected chi connectivity index (χ3v) is 3.68. The molecule has 0 aliphatic rings. The van der Waals surface area contributed by atoms with E-state index in [0.717, 1.165) is 17.7 Å². The molecule has 2 aromatic rings. The summed E-state index contributed by atoms with van der Waals surface area (Å²) in [6, 6.07) is 2.93. The van der Waals surface area contributed by atoms with Crippen LogP contribution in [0, 0.1) is 8.83 Å². The van der Waals surface area contributed by atoms with Crippen molar-refractivity contribution in [2.45, 2.75) is 0 Å². The molecule has 0 spiro atoms. The number of aromatic nitrogens is 1. The second-order valence-corrected chi connectivity index (χ2v) is 5.84. The molecule has 12 heavy (non-hydrogen) atoms. The highest BCUT2D eigenvalue weighted by Crippen LogP contribution is 2.29.